The number of carbonyl (C=O) groups excluding carboxylic acids is 1. The number of nitrogens with two attached hydrogens (primary N) is 2. The minimum Gasteiger partial charge on any atom is -0.476 e. The second-order valence-electron chi connectivity index (χ2n) is 2.80. The second kappa shape index (κ2) is 5.03. The molecule has 0 aliphatic rings. The Kier molecular flexibility index (Phi) is 3.72. The maximum absolute atomic E-state index is 11.0. The van der Waals surface area contributed by atoms with Gasteiger partial charge in [0.2, 0.25) is 5.88 Å². The molecule has 86 valence electrons. The summed E-state index contributed by atoms with van der Waals surface area (Å²) in [5, 5.41) is 10.5. The van der Waals surface area contributed by atoms with Crippen LogP contribution in [0.4, 0.5) is 5.69 Å². The van der Waals surface area contributed by atoms with Crippen molar-refractivity contribution in [1.82, 2.24) is 4.98 Å². The number of primary amides is 1. The molecule has 0 bridgehead atoms. The molecule has 8 nitrogen and oxygen atoms in total. The van der Waals surface area contributed by atoms with E-state index >= 15 is 0 Å². The first kappa shape index (κ1) is 11.9. The molecule has 0 aliphatic heterocycles. The first-order valence-electron chi connectivity index (χ1n) is 4.33. The van der Waals surface area contributed by atoms with E-state index in [2.05, 4.69) is 4.98 Å². The highest BCUT2D eigenvalue weighted by Crippen LogP contribution is 2.20. The van der Waals surface area contributed by atoms with Gasteiger partial charge in [-0.15, -0.1) is 0 Å². The zero-order chi connectivity index (χ0) is 12.1. The van der Waals surface area contributed by atoms with Gasteiger partial charge in [-0.2, -0.15) is 0 Å². The molecule has 0 saturated carbocycles. The summed E-state index contributed by atoms with van der Waals surface area (Å²) in [6.45, 7) is 0.377. The topological polar surface area (TPSA) is 134 Å². The van der Waals surface area contributed by atoms with Crippen LogP contribution < -0.4 is 16.2 Å². The zero-order valence-electron chi connectivity index (χ0n) is 8.25. The average molecular weight is 226 g/mol. The molecule has 0 aliphatic carbocycles. The normalized spacial score (nSPS) is 9.81. The monoisotopic (exact) mass is 226 g/mol. The fourth-order valence-electron chi connectivity index (χ4n) is 0.988. The van der Waals surface area contributed by atoms with Gasteiger partial charge in [-0.25, -0.2) is 4.98 Å². The van der Waals surface area contributed by atoms with Gasteiger partial charge >= 0.3 is 0 Å². The summed E-state index contributed by atoms with van der Waals surface area (Å²) in [6, 6.07) is 1.02. The molecule has 0 aromatic carbocycles. The number of ether oxygens (including phenoxy) is 1. The van der Waals surface area contributed by atoms with Crippen LogP contribution in [0.1, 0.15) is 10.4 Å². The number of carbonyl (C=O) groups is 1. The molecule has 1 rings (SSSR count). The summed E-state index contributed by atoms with van der Waals surface area (Å²) in [5.41, 5.74) is 9.78. The highest BCUT2D eigenvalue weighted by Gasteiger charge is 2.16. The molecule has 1 aromatic rings. The van der Waals surface area contributed by atoms with E-state index in [0.717, 1.165) is 12.3 Å². The van der Waals surface area contributed by atoms with Crippen molar-refractivity contribution in [3.8, 4) is 5.88 Å². The van der Waals surface area contributed by atoms with Gasteiger partial charge in [0, 0.05) is 12.6 Å². The van der Waals surface area contributed by atoms with E-state index in [1.807, 2.05) is 0 Å². The molecule has 16 heavy (non-hydrogen) atoms. The van der Waals surface area contributed by atoms with Crippen LogP contribution >= 0.6 is 0 Å². The molecule has 1 aromatic heterocycles. The van der Waals surface area contributed by atoms with Crippen LogP contribution in [0.2, 0.25) is 0 Å². The Hall–Kier alpha value is -2.22. The second-order valence-corrected chi connectivity index (χ2v) is 2.80. The van der Waals surface area contributed by atoms with Crippen LogP contribution in [0.3, 0.4) is 0 Å². The van der Waals surface area contributed by atoms with E-state index in [4.69, 9.17) is 16.2 Å². The van der Waals surface area contributed by atoms with E-state index < -0.39 is 10.8 Å². The fraction of sp³-hybridized carbons (Fsp3) is 0.250. The molecule has 0 fully saturated rings. The lowest BCUT2D eigenvalue weighted by Gasteiger charge is -2.06. The van der Waals surface area contributed by atoms with E-state index in [9.17, 15) is 14.9 Å². The van der Waals surface area contributed by atoms with Gasteiger partial charge in [-0.05, 0) is 0 Å². The minimum atomic E-state index is -0.844. The number of hydrogen-bond acceptors (Lipinski definition) is 6. The first-order chi connectivity index (χ1) is 7.56. The molecule has 0 spiro atoms. The summed E-state index contributed by atoms with van der Waals surface area (Å²) >= 11 is 0. The van der Waals surface area contributed by atoms with E-state index in [1.165, 1.54) is 0 Å². The Morgan fingerprint density at radius 3 is 2.81 bits per heavy atom. The minimum absolute atomic E-state index is 0.0523. The van der Waals surface area contributed by atoms with Gasteiger partial charge in [-0.3, -0.25) is 14.9 Å². The van der Waals surface area contributed by atoms with Crippen LogP contribution in [0.15, 0.2) is 12.3 Å². The van der Waals surface area contributed by atoms with E-state index in [-0.39, 0.29) is 30.3 Å². The number of pyridine rings is 1. The van der Waals surface area contributed by atoms with Crippen LogP contribution in [0.5, 0.6) is 5.88 Å². The molecular weight excluding hydrogens is 216 g/mol. The lowest BCUT2D eigenvalue weighted by Crippen LogP contribution is -2.17. The van der Waals surface area contributed by atoms with Gasteiger partial charge in [0.15, 0.2) is 0 Å². The Bertz CT molecular complexity index is 420. The number of amides is 1. The van der Waals surface area contributed by atoms with Crippen molar-refractivity contribution in [3.05, 3.63) is 27.9 Å². The summed E-state index contributed by atoms with van der Waals surface area (Å²) in [7, 11) is 0. The number of nitrogens with zero attached hydrogens (tertiary/aromatic N) is 2. The van der Waals surface area contributed by atoms with Crippen molar-refractivity contribution in [2.45, 2.75) is 0 Å². The number of aromatic nitrogens is 1. The number of nitro groups is 1. The summed E-state index contributed by atoms with van der Waals surface area (Å²) in [6.07, 6.45) is 0.984. The van der Waals surface area contributed by atoms with Crippen LogP contribution in [-0.4, -0.2) is 29.0 Å². The maximum atomic E-state index is 11.0. The third-order valence-electron chi connectivity index (χ3n) is 1.67. The molecule has 0 atom stereocenters. The summed E-state index contributed by atoms with van der Waals surface area (Å²) < 4.78 is 5.02. The predicted octanol–water partition coefficient (Wildman–Crippen LogP) is -0.574. The molecule has 0 radical (unpaired) electrons. The Labute approximate surface area is 90.4 Å². The van der Waals surface area contributed by atoms with Crippen LogP contribution in [0.25, 0.3) is 0 Å². The van der Waals surface area contributed by atoms with Crippen molar-refractivity contribution < 1.29 is 14.5 Å². The van der Waals surface area contributed by atoms with Crippen LogP contribution in [-0.2, 0) is 0 Å². The lowest BCUT2D eigenvalue weighted by molar-refractivity contribution is -0.385. The van der Waals surface area contributed by atoms with E-state index in [0.29, 0.717) is 0 Å². The standard InChI is InChI=1S/C8H10N4O4/c9-1-2-16-8-6(7(10)13)3-5(4-11-8)12(14)15/h3-4H,1-2,9H2,(H2,10,13). The predicted molar refractivity (Wildman–Crippen MR) is 54.0 cm³/mol. The van der Waals surface area contributed by atoms with Crippen molar-refractivity contribution in [3.63, 3.8) is 0 Å². The zero-order valence-corrected chi connectivity index (χ0v) is 8.25. The molecule has 0 unspecified atom stereocenters. The molecule has 1 heterocycles. The van der Waals surface area contributed by atoms with Crippen LogP contribution in [0, 0.1) is 10.1 Å². The molecule has 1 amide bonds. The largest absolute Gasteiger partial charge is 0.476 e. The molecule has 8 heteroatoms. The molecular formula is C8H10N4O4. The lowest BCUT2D eigenvalue weighted by atomic mass is 10.2. The highest BCUT2D eigenvalue weighted by atomic mass is 16.6. The quantitative estimate of drug-likeness (QED) is 0.509. The van der Waals surface area contributed by atoms with Gasteiger partial charge in [0.05, 0.1) is 4.92 Å². The number of hydrogen-bond donors (Lipinski definition) is 2. The Balaban J connectivity index is 3.09. The van der Waals surface area contributed by atoms with Crippen molar-refractivity contribution in [2.75, 3.05) is 13.2 Å². The Morgan fingerprint density at radius 2 is 2.31 bits per heavy atom. The third-order valence-corrected chi connectivity index (χ3v) is 1.67. The van der Waals surface area contributed by atoms with Crippen molar-refractivity contribution in [1.29, 1.82) is 0 Å². The van der Waals surface area contributed by atoms with Crippen molar-refractivity contribution in [2.24, 2.45) is 11.5 Å². The number of rotatable bonds is 5. The molecule has 4 N–H and O–H groups in total. The SMILES string of the molecule is NCCOc1ncc([N+](=O)[O-])cc1C(N)=O. The van der Waals surface area contributed by atoms with Gasteiger partial charge in [0.25, 0.3) is 11.6 Å². The fourth-order valence-corrected chi connectivity index (χ4v) is 0.988. The summed E-state index contributed by atoms with van der Waals surface area (Å²) in [5.74, 6) is -0.897. The van der Waals surface area contributed by atoms with E-state index in [1.54, 1.807) is 0 Å². The summed E-state index contributed by atoms with van der Waals surface area (Å²) in [4.78, 5) is 24.4. The maximum Gasteiger partial charge on any atom is 0.288 e. The highest BCUT2D eigenvalue weighted by molar-refractivity contribution is 5.95. The van der Waals surface area contributed by atoms with Crippen molar-refractivity contribution >= 4 is 11.6 Å². The van der Waals surface area contributed by atoms with Gasteiger partial charge in [0.1, 0.15) is 18.4 Å². The Morgan fingerprint density at radius 1 is 1.62 bits per heavy atom. The first-order valence-corrected chi connectivity index (χ1v) is 4.33. The smallest absolute Gasteiger partial charge is 0.288 e. The van der Waals surface area contributed by atoms with Gasteiger partial charge in [-0.1, -0.05) is 0 Å². The average Bonchev–Trinajstić information content (AvgIpc) is 2.25. The third kappa shape index (κ3) is 2.64. The molecule has 0 saturated heterocycles. The van der Waals surface area contributed by atoms with Gasteiger partial charge < -0.3 is 16.2 Å².